The Morgan fingerprint density at radius 3 is 2.58 bits per heavy atom. The molecular weight excluding hydrogens is 348 g/mol. The van der Waals surface area contributed by atoms with E-state index < -0.39 is 0 Å². The van der Waals surface area contributed by atoms with Crippen molar-refractivity contribution in [3.63, 3.8) is 0 Å². The van der Waals surface area contributed by atoms with Crippen LogP contribution in [0, 0.1) is 0 Å². The van der Waals surface area contributed by atoms with Gasteiger partial charge in [-0.3, -0.25) is 0 Å². The molecule has 6 nitrogen and oxygen atoms in total. The highest BCUT2D eigenvalue weighted by atomic mass is 32.1. The Balaban J connectivity index is 1.95. The molecular formula is C19H26N4O2S. The number of carbonyl (C=O) groups excluding carboxylic acids is 1. The molecule has 0 unspecified atom stereocenters. The second-order valence-electron chi connectivity index (χ2n) is 6.06. The summed E-state index contributed by atoms with van der Waals surface area (Å²) in [7, 11) is 1.38. The van der Waals surface area contributed by atoms with E-state index in [2.05, 4.69) is 39.8 Å². The van der Waals surface area contributed by atoms with Crippen LogP contribution in [0.5, 0.6) is 0 Å². The lowest BCUT2D eigenvalue weighted by atomic mass is 10.1. The molecule has 2 N–H and O–H groups in total. The number of guanidine groups is 1. The molecule has 0 aliphatic heterocycles. The van der Waals surface area contributed by atoms with Crippen molar-refractivity contribution in [2.24, 2.45) is 4.99 Å². The van der Waals surface area contributed by atoms with Crippen molar-refractivity contribution in [1.29, 1.82) is 0 Å². The van der Waals surface area contributed by atoms with Crippen molar-refractivity contribution in [3.8, 4) is 0 Å². The lowest BCUT2D eigenvalue weighted by molar-refractivity contribution is 0.0600. The van der Waals surface area contributed by atoms with Gasteiger partial charge >= 0.3 is 5.97 Å². The Labute approximate surface area is 158 Å². The number of benzene rings is 1. The van der Waals surface area contributed by atoms with E-state index >= 15 is 0 Å². The fraction of sp³-hybridized carbons (Fsp3) is 0.421. The number of aromatic nitrogens is 1. The third-order valence-electron chi connectivity index (χ3n) is 3.71. The summed E-state index contributed by atoms with van der Waals surface area (Å²) in [6, 6.07) is 7.27. The van der Waals surface area contributed by atoms with Crippen molar-refractivity contribution in [2.45, 2.75) is 39.8 Å². The zero-order valence-electron chi connectivity index (χ0n) is 15.7. The lowest BCUT2D eigenvalue weighted by Gasteiger charge is -2.10. The number of hydrogen-bond donors (Lipinski definition) is 2. The third kappa shape index (κ3) is 5.84. The predicted octanol–water partition coefficient (Wildman–Crippen LogP) is 3.31. The Morgan fingerprint density at radius 2 is 2.00 bits per heavy atom. The van der Waals surface area contributed by atoms with E-state index in [1.807, 2.05) is 19.1 Å². The van der Waals surface area contributed by atoms with E-state index in [0.717, 1.165) is 28.8 Å². The number of methoxy groups -OCH3 is 1. The topological polar surface area (TPSA) is 75.6 Å². The van der Waals surface area contributed by atoms with Crippen molar-refractivity contribution in [2.75, 3.05) is 13.7 Å². The molecule has 1 aromatic carbocycles. The van der Waals surface area contributed by atoms with E-state index in [1.165, 1.54) is 7.11 Å². The van der Waals surface area contributed by atoms with E-state index in [4.69, 9.17) is 4.74 Å². The minimum atomic E-state index is -0.334. The summed E-state index contributed by atoms with van der Waals surface area (Å²) in [6.45, 7) is 8.26. The first-order valence-electron chi connectivity index (χ1n) is 8.67. The summed E-state index contributed by atoms with van der Waals surface area (Å²) < 4.78 is 4.71. The molecule has 0 atom stereocenters. The minimum Gasteiger partial charge on any atom is -0.465 e. The van der Waals surface area contributed by atoms with Gasteiger partial charge in [0.25, 0.3) is 0 Å². The van der Waals surface area contributed by atoms with Crippen LogP contribution in [0.2, 0.25) is 0 Å². The summed E-state index contributed by atoms with van der Waals surface area (Å²) in [4.78, 5) is 20.7. The van der Waals surface area contributed by atoms with Crippen LogP contribution in [0.1, 0.15) is 53.3 Å². The maximum Gasteiger partial charge on any atom is 0.337 e. The van der Waals surface area contributed by atoms with Gasteiger partial charge in [0.2, 0.25) is 0 Å². The summed E-state index contributed by atoms with van der Waals surface area (Å²) in [5, 5.41) is 9.69. The van der Waals surface area contributed by atoms with Gasteiger partial charge in [-0.25, -0.2) is 14.8 Å². The molecule has 0 fully saturated rings. The van der Waals surface area contributed by atoms with Gasteiger partial charge in [0.15, 0.2) is 5.96 Å². The average molecular weight is 375 g/mol. The van der Waals surface area contributed by atoms with E-state index in [1.54, 1.807) is 23.5 Å². The standard InChI is InChI=1S/C19H26N4O2S/c1-5-20-19(22-11-17-23-16(12-26-17)13(2)3)21-10-14-6-8-15(9-7-14)18(24)25-4/h6-9,12-13H,5,10-11H2,1-4H3,(H2,20,21,22). The number of aliphatic imine (C=N–C) groups is 1. The van der Waals surface area contributed by atoms with Crippen molar-refractivity contribution in [3.05, 3.63) is 51.5 Å². The van der Waals surface area contributed by atoms with Crippen LogP contribution in [-0.2, 0) is 17.8 Å². The number of thiazole rings is 1. The highest BCUT2D eigenvalue weighted by molar-refractivity contribution is 7.09. The second-order valence-corrected chi connectivity index (χ2v) is 7.00. The van der Waals surface area contributed by atoms with Crippen LogP contribution in [-0.4, -0.2) is 30.6 Å². The maximum absolute atomic E-state index is 11.5. The summed E-state index contributed by atoms with van der Waals surface area (Å²) in [5.41, 5.74) is 2.68. The first-order chi connectivity index (χ1) is 12.5. The number of nitrogens with one attached hydrogen (secondary N) is 2. The first kappa shape index (κ1) is 19.9. The molecule has 0 aliphatic rings. The molecule has 0 spiro atoms. The number of rotatable bonds is 7. The van der Waals surface area contributed by atoms with Gasteiger partial charge in [-0.2, -0.15) is 0 Å². The van der Waals surface area contributed by atoms with Gasteiger partial charge in [0, 0.05) is 11.9 Å². The highest BCUT2D eigenvalue weighted by Gasteiger charge is 2.07. The second kappa shape index (κ2) is 9.91. The first-order valence-corrected chi connectivity index (χ1v) is 9.55. The fourth-order valence-electron chi connectivity index (χ4n) is 2.21. The van der Waals surface area contributed by atoms with Gasteiger partial charge in [-0.1, -0.05) is 26.0 Å². The Morgan fingerprint density at radius 1 is 1.27 bits per heavy atom. The molecule has 0 saturated carbocycles. The van der Waals surface area contributed by atoms with Crippen molar-refractivity contribution in [1.82, 2.24) is 15.6 Å². The van der Waals surface area contributed by atoms with Gasteiger partial charge < -0.3 is 15.4 Å². The third-order valence-corrected chi connectivity index (χ3v) is 4.57. The molecule has 1 aromatic heterocycles. The van der Waals surface area contributed by atoms with Gasteiger partial charge in [-0.15, -0.1) is 11.3 Å². The maximum atomic E-state index is 11.5. The number of esters is 1. The highest BCUT2D eigenvalue weighted by Crippen LogP contribution is 2.17. The van der Waals surface area contributed by atoms with Gasteiger partial charge in [0.05, 0.1) is 31.5 Å². The zero-order valence-corrected chi connectivity index (χ0v) is 16.5. The van der Waals surface area contributed by atoms with Crippen molar-refractivity contribution >= 4 is 23.3 Å². The molecule has 0 radical (unpaired) electrons. The Kier molecular flexibility index (Phi) is 7.59. The summed E-state index contributed by atoms with van der Waals surface area (Å²) in [5.74, 6) is 0.847. The molecule has 26 heavy (non-hydrogen) atoms. The molecule has 2 rings (SSSR count). The molecule has 1 heterocycles. The normalized spacial score (nSPS) is 11.5. The number of carbonyl (C=O) groups is 1. The smallest absolute Gasteiger partial charge is 0.337 e. The SMILES string of the molecule is CCNC(=NCc1ccc(C(=O)OC)cc1)NCc1nc(C(C)C)cs1. The number of ether oxygens (including phenoxy) is 1. The quantitative estimate of drug-likeness (QED) is 0.442. The van der Waals surface area contributed by atoms with Crippen molar-refractivity contribution < 1.29 is 9.53 Å². The molecule has 140 valence electrons. The monoisotopic (exact) mass is 374 g/mol. The molecule has 0 bridgehead atoms. The summed E-state index contributed by atoms with van der Waals surface area (Å²) in [6.07, 6.45) is 0. The van der Waals surface area contributed by atoms with E-state index in [9.17, 15) is 4.79 Å². The molecule has 7 heteroatoms. The van der Waals surface area contributed by atoms with Crippen LogP contribution in [0.15, 0.2) is 34.6 Å². The van der Waals surface area contributed by atoms with Crippen LogP contribution in [0.4, 0.5) is 0 Å². The van der Waals surface area contributed by atoms with Crippen LogP contribution in [0.25, 0.3) is 0 Å². The largest absolute Gasteiger partial charge is 0.465 e. The Hall–Kier alpha value is -2.41. The van der Waals surface area contributed by atoms with Crippen LogP contribution >= 0.6 is 11.3 Å². The number of hydrogen-bond acceptors (Lipinski definition) is 5. The molecule has 2 aromatic rings. The van der Waals surface area contributed by atoms with Gasteiger partial charge in [-0.05, 0) is 30.5 Å². The van der Waals surface area contributed by atoms with Gasteiger partial charge in [0.1, 0.15) is 5.01 Å². The molecule has 0 aliphatic carbocycles. The number of nitrogens with zero attached hydrogens (tertiary/aromatic N) is 2. The van der Waals surface area contributed by atoms with E-state index in [0.29, 0.717) is 24.6 Å². The lowest BCUT2D eigenvalue weighted by Crippen LogP contribution is -2.36. The molecule has 0 amide bonds. The zero-order chi connectivity index (χ0) is 18.9. The summed E-state index contributed by atoms with van der Waals surface area (Å²) >= 11 is 1.66. The molecule has 0 saturated heterocycles. The van der Waals surface area contributed by atoms with Crippen LogP contribution in [0.3, 0.4) is 0 Å². The predicted molar refractivity (Wildman–Crippen MR) is 106 cm³/mol. The Bertz CT molecular complexity index is 738. The van der Waals surface area contributed by atoms with E-state index in [-0.39, 0.29) is 5.97 Å². The fourth-order valence-corrected chi connectivity index (χ4v) is 3.10. The average Bonchev–Trinajstić information content (AvgIpc) is 3.13. The van der Waals surface area contributed by atoms with Crippen LogP contribution < -0.4 is 10.6 Å². The minimum absolute atomic E-state index is 0.334.